The predicted octanol–water partition coefficient (Wildman–Crippen LogP) is 5.14. The maximum atomic E-state index is 12.5. The molecule has 9 heteroatoms. The van der Waals surface area contributed by atoms with Crippen molar-refractivity contribution in [2.45, 2.75) is 6.54 Å². The fraction of sp³-hybridized carbons (Fsp3) is 0.0588. The van der Waals surface area contributed by atoms with Gasteiger partial charge in [-0.3, -0.25) is 24.6 Å². The first-order chi connectivity index (χ1) is 12.4. The van der Waals surface area contributed by atoms with E-state index in [1.165, 1.54) is 24.3 Å². The number of amides is 2. The van der Waals surface area contributed by atoms with Crippen molar-refractivity contribution in [3.05, 3.63) is 78.7 Å². The fourth-order valence-corrected chi connectivity index (χ4v) is 3.56. The Kier molecular flexibility index (Phi) is 5.31. The van der Waals surface area contributed by atoms with Gasteiger partial charge in [0.1, 0.15) is 5.02 Å². The Morgan fingerprint density at radius 3 is 2.54 bits per heavy atom. The maximum Gasteiger partial charge on any atom is 0.293 e. The van der Waals surface area contributed by atoms with Gasteiger partial charge < -0.3 is 0 Å². The first-order valence-electron chi connectivity index (χ1n) is 7.29. The number of nitro groups is 1. The van der Waals surface area contributed by atoms with E-state index in [1.807, 2.05) is 0 Å². The quantitative estimate of drug-likeness (QED) is 0.397. The van der Waals surface area contributed by atoms with Crippen LogP contribution in [0.3, 0.4) is 0 Å². The summed E-state index contributed by atoms with van der Waals surface area (Å²) >= 11 is 12.6. The normalized spacial score (nSPS) is 15.8. The standard InChI is InChI=1S/C17H10Cl2N2O4S/c18-12-4-2-1-3-11(12)9-20-16(22)15(26-17(20)23)8-10-5-6-13(19)14(7-10)21(24)25/h1-8H,9H2/b15-8-. The van der Waals surface area contributed by atoms with Crippen molar-refractivity contribution in [3.63, 3.8) is 0 Å². The molecule has 0 unspecified atom stereocenters. The van der Waals surface area contributed by atoms with E-state index in [0.29, 0.717) is 16.1 Å². The van der Waals surface area contributed by atoms with Crippen LogP contribution >= 0.6 is 35.0 Å². The number of nitrogens with zero attached hydrogens (tertiary/aromatic N) is 2. The molecule has 0 spiro atoms. The minimum Gasteiger partial charge on any atom is -0.268 e. The zero-order chi connectivity index (χ0) is 18.8. The largest absolute Gasteiger partial charge is 0.293 e. The minimum absolute atomic E-state index is 0.000950. The van der Waals surface area contributed by atoms with Gasteiger partial charge in [-0.15, -0.1) is 0 Å². The summed E-state index contributed by atoms with van der Waals surface area (Å²) in [7, 11) is 0. The summed E-state index contributed by atoms with van der Waals surface area (Å²) in [6.45, 7) is 0.0580. The summed E-state index contributed by atoms with van der Waals surface area (Å²) in [4.78, 5) is 36.3. The number of benzene rings is 2. The van der Waals surface area contributed by atoms with Gasteiger partial charge in [-0.1, -0.05) is 47.5 Å². The number of hydrogen-bond donors (Lipinski definition) is 0. The van der Waals surface area contributed by atoms with Crippen molar-refractivity contribution >= 4 is 57.9 Å². The SMILES string of the molecule is O=C1S/C(=C\c2ccc(Cl)c([N+](=O)[O-])c2)C(=O)N1Cc1ccccc1Cl. The van der Waals surface area contributed by atoms with Gasteiger partial charge in [0.25, 0.3) is 16.8 Å². The highest BCUT2D eigenvalue weighted by atomic mass is 35.5. The average molecular weight is 409 g/mol. The van der Waals surface area contributed by atoms with E-state index in [2.05, 4.69) is 0 Å². The third-order valence-electron chi connectivity index (χ3n) is 3.62. The summed E-state index contributed by atoms with van der Waals surface area (Å²) in [6.07, 6.45) is 1.43. The highest BCUT2D eigenvalue weighted by Gasteiger charge is 2.35. The van der Waals surface area contributed by atoms with Gasteiger partial charge in [0, 0.05) is 11.1 Å². The number of thioether (sulfide) groups is 1. The Morgan fingerprint density at radius 2 is 1.85 bits per heavy atom. The number of imide groups is 1. The third-order valence-corrected chi connectivity index (χ3v) is 5.22. The first kappa shape index (κ1) is 18.4. The molecule has 1 saturated heterocycles. The lowest BCUT2D eigenvalue weighted by Gasteiger charge is -2.13. The Hall–Kier alpha value is -2.35. The second-order valence-corrected chi connectivity index (χ2v) is 7.13. The molecule has 1 fully saturated rings. The molecule has 2 aromatic rings. The molecule has 3 rings (SSSR count). The second kappa shape index (κ2) is 7.49. The molecule has 0 N–H and O–H groups in total. The molecule has 2 amide bonds. The highest BCUT2D eigenvalue weighted by molar-refractivity contribution is 8.18. The molecule has 132 valence electrons. The van der Waals surface area contributed by atoms with Gasteiger partial charge >= 0.3 is 0 Å². The second-order valence-electron chi connectivity index (χ2n) is 5.33. The molecular weight excluding hydrogens is 399 g/mol. The van der Waals surface area contributed by atoms with Gasteiger partial charge in [0.15, 0.2) is 0 Å². The number of nitro benzene ring substituents is 1. The summed E-state index contributed by atoms with van der Waals surface area (Å²) in [5.41, 5.74) is 0.792. The van der Waals surface area contributed by atoms with E-state index in [9.17, 15) is 19.7 Å². The molecule has 6 nitrogen and oxygen atoms in total. The minimum atomic E-state index is -0.608. The number of carbonyl (C=O) groups excluding carboxylic acids is 2. The summed E-state index contributed by atoms with van der Waals surface area (Å²) in [6, 6.07) is 11.1. The average Bonchev–Trinajstić information content (AvgIpc) is 2.85. The van der Waals surface area contributed by atoms with Crippen LogP contribution < -0.4 is 0 Å². The lowest BCUT2D eigenvalue weighted by molar-refractivity contribution is -0.384. The monoisotopic (exact) mass is 408 g/mol. The van der Waals surface area contributed by atoms with Crippen molar-refractivity contribution < 1.29 is 14.5 Å². The molecule has 0 aromatic heterocycles. The van der Waals surface area contributed by atoms with Crippen LogP contribution in [0, 0.1) is 10.1 Å². The Morgan fingerprint density at radius 1 is 1.12 bits per heavy atom. The lowest BCUT2D eigenvalue weighted by Crippen LogP contribution is -2.27. The van der Waals surface area contributed by atoms with Gasteiger partial charge in [-0.25, -0.2) is 0 Å². The number of hydrogen-bond acceptors (Lipinski definition) is 5. The van der Waals surface area contributed by atoms with Crippen molar-refractivity contribution in [3.8, 4) is 0 Å². The number of rotatable bonds is 4. The van der Waals surface area contributed by atoms with Gasteiger partial charge in [0.05, 0.1) is 16.4 Å². The van der Waals surface area contributed by atoms with Gasteiger partial charge in [-0.05, 0) is 41.1 Å². The van der Waals surface area contributed by atoms with Crippen LogP contribution in [-0.4, -0.2) is 21.0 Å². The van der Waals surface area contributed by atoms with Crippen LogP contribution in [0.2, 0.25) is 10.0 Å². The van der Waals surface area contributed by atoms with Crippen LogP contribution in [0.1, 0.15) is 11.1 Å². The molecule has 0 saturated carbocycles. The van der Waals surface area contributed by atoms with Gasteiger partial charge in [-0.2, -0.15) is 0 Å². The van der Waals surface area contributed by atoms with Crippen LogP contribution in [0.5, 0.6) is 0 Å². The lowest BCUT2D eigenvalue weighted by atomic mass is 10.1. The van der Waals surface area contributed by atoms with Crippen LogP contribution in [0.25, 0.3) is 6.08 Å². The van der Waals surface area contributed by atoms with E-state index in [0.717, 1.165) is 16.7 Å². The van der Waals surface area contributed by atoms with E-state index in [4.69, 9.17) is 23.2 Å². The van der Waals surface area contributed by atoms with Crippen LogP contribution in [0.15, 0.2) is 47.4 Å². The third kappa shape index (κ3) is 3.75. The Balaban J connectivity index is 1.87. The maximum absolute atomic E-state index is 12.5. The molecule has 0 bridgehead atoms. The van der Waals surface area contributed by atoms with Crippen molar-refractivity contribution in [2.75, 3.05) is 0 Å². The zero-order valence-corrected chi connectivity index (χ0v) is 15.3. The molecule has 0 radical (unpaired) electrons. The van der Waals surface area contributed by atoms with Gasteiger partial charge in [0.2, 0.25) is 0 Å². The number of halogens is 2. The molecule has 2 aromatic carbocycles. The summed E-state index contributed by atoms with van der Waals surface area (Å²) < 4.78 is 0. The van der Waals surface area contributed by atoms with Crippen molar-refractivity contribution in [1.82, 2.24) is 4.90 Å². The topological polar surface area (TPSA) is 80.5 Å². The Labute approximate surface area is 162 Å². The van der Waals surface area contributed by atoms with Crippen LogP contribution in [0.4, 0.5) is 10.5 Å². The number of carbonyl (C=O) groups is 2. The molecule has 0 atom stereocenters. The van der Waals surface area contributed by atoms with Crippen LogP contribution in [-0.2, 0) is 11.3 Å². The summed E-state index contributed by atoms with van der Waals surface area (Å²) in [5, 5.41) is 11.0. The molecule has 26 heavy (non-hydrogen) atoms. The fourth-order valence-electron chi connectivity index (χ4n) is 2.34. The molecule has 1 aliphatic rings. The van der Waals surface area contributed by atoms with E-state index in [-0.39, 0.29) is 22.2 Å². The molecule has 0 aliphatic carbocycles. The smallest absolute Gasteiger partial charge is 0.268 e. The summed E-state index contributed by atoms with van der Waals surface area (Å²) in [5.74, 6) is -0.475. The van der Waals surface area contributed by atoms with E-state index >= 15 is 0 Å². The molecule has 1 heterocycles. The van der Waals surface area contributed by atoms with Crippen molar-refractivity contribution in [2.24, 2.45) is 0 Å². The first-order valence-corrected chi connectivity index (χ1v) is 8.87. The van der Waals surface area contributed by atoms with E-state index in [1.54, 1.807) is 24.3 Å². The zero-order valence-electron chi connectivity index (χ0n) is 13.0. The molecular formula is C17H10Cl2N2O4S. The Bertz CT molecular complexity index is 962. The van der Waals surface area contributed by atoms with E-state index < -0.39 is 16.1 Å². The molecule has 1 aliphatic heterocycles. The van der Waals surface area contributed by atoms with Crippen molar-refractivity contribution in [1.29, 1.82) is 0 Å². The highest BCUT2D eigenvalue weighted by Crippen LogP contribution is 2.35. The predicted molar refractivity (Wildman–Crippen MR) is 101 cm³/mol.